The van der Waals surface area contributed by atoms with Gasteiger partial charge >= 0.3 is 0 Å². The normalized spacial score (nSPS) is 16.3. The molecule has 1 fully saturated rings. The number of anilines is 1. The molecule has 3 rings (SSSR count). The lowest BCUT2D eigenvalue weighted by Gasteiger charge is -2.35. The number of sulfonamides is 1. The maximum absolute atomic E-state index is 12.6. The number of benzene rings is 1. The van der Waals surface area contributed by atoms with Gasteiger partial charge in [0.05, 0.1) is 11.3 Å². The second-order valence-electron chi connectivity index (χ2n) is 5.39. The molecule has 1 aromatic heterocycles. The van der Waals surface area contributed by atoms with Gasteiger partial charge in [-0.25, -0.2) is 8.42 Å². The summed E-state index contributed by atoms with van der Waals surface area (Å²) >= 11 is 1.31. The average molecular weight is 347 g/mol. The minimum atomic E-state index is -3.40. The molecule has 7 heteroatoms. The summed E-state index contributed by atoms with van der Waals surface area (Å²) in [5, 5.41) is 9.20. The maximum atomic E-state index is 12.6. The standard InChI is InChI=1S/C16H17N3O2S2/c1-13-6-7-16(22-13)23(20,21)19-10-8-18(9-11-19)15-5-3-2-4-14(15)12-17/h2-7H,8-11H2,1H3. The molecule has 0 unspecified atom stereocenters. The van der Waals surface area contributed by atoms with Crippen LogP contribution in [0.15, 0.2) is 40.6 Å². The first kappa shape index (κ1) is 16.0. The van der Waals surface area contributed by atoms with E-state index in [1.165, 1.54) is 15.6 Å². The number of hydrogen-bond donors (Lipinski definition) is 0. The molecule has 0 bridgehead atoms. The van der Waals surface area contributed by atoms with Crippen molar-refractivity contribution in [3.63, 3.8) is 0 Å². The number of para-hydroxylation sites is 1. The number of aryl methyl sites for hydroxylation is 1. The van der Waals surface area contributed by atoms with Gasteiger partial charge in [-0.2, -0.15) is 9.57 Å². The first-order chi connectivity index (χ1) is 11.0. The fourth-order valence-corrected chi connectivity index (χ4v) is 5.55. The Kier molecular flexibility index (Phi) is 4.39. The van der Waals surface area contributed by atoms with Crippen molar-refractivity contribution in [3.05, 3.63) is 46.8 Å². The highest BCUT2D eigenvalue weighted by molar-refractivity contribution is 7.91. The summed E-state index contributed by atoms with van der Waals surface area (Å²) in [5.74, 6) is 0. The van der Waals surface area contributed by atoms with Gasteiger partial charge in [-0.15, -0.1) is 11.3 Å². The Hall–Kier alpha value is -1.88. The highest BCUT2D eigenvalue weighted by atomic mass is 32.2. The fourth-order valence-electron chi connectivity index (χ4n) is 2.69. The third-order valence-corrected chi connectivity index (χ3v) is 7.28. The zero-order valence-corrected chi connectivity index (χ0v) is 14.4. The van der Waals surface area contributed by atoms with Crippen LogP contribution in [0.25, 0.3) is 0 Å². The van der Waals surface area contributed by atoms with E-state index in [4.69, 9.17) is 0 Å². The molecule has 5 nitrogen and oxygen atoms in total. The molecule has 120 valence electrons. The van der Waals surface area contributed by atoms with Gasteiger partial charge in [-0.05, 0) is 31.2 Å². The van der Waals surface area contributed by atoms with Crippen LogP contribution in [0.1, 0.15) is 10.4 Å². The monoisotopic (exact) mass is 347 g/mol. The molecular weight excluding hydrogens is 330 g/mol. The number of thiophene rings is 1. The minimum absolute atomic E-state index is 0.404. The Labute approximate surface area is 140 Å². The molecule has 0 aliphatic carbocycles. The van der Waals surface area contributed by atoms with Crippen LogP contribution in [-0.2, 0) is 10.0 Å². The summed E-state index contributed by atoms with van der Waals surface area (Å²) in [5.41, 5.74) is 1.50. The van der Waals surface area contributed by atoms with Crippen molar-refractivity contribution in [1.82, 2.24) is 4.31 Å². The van der Waals surface area contributed by atoms with Crippen molar-refractivity contribution in [2.24, 2.45) is 0 Å². The van der Waals surface area contributed by atoms with Crippen molar-refractivity contribution in [2.45, 2.75) is 11.1 Å². The van der Waals surface area contributed by atoms with E-state index in [2.05, 4.69) is 11.0 Å². The number of nitrogens with zero attached hydrogens (tertiary/aromatic N) is 3. The molecule has 0 radical (unpaired) electrons. The molecule has 1 aromatic carbocycles. The van der Waals surface area contributed by atoms with Crippen LogP contribution in [0.2, 0.25) is 0 Å². The lowest BCUT2D eigenvalue weighted by atomic mass is 10.1. The molecular formula is C16H17N3O2S2. The number of nitriles is 1. The third kappa shape index (κ3) is 3.11. The summed E-state index contributed by atoms with van der Waals surface area (Å²) in [4.78, 5) is 3.06. The zero-order chi connectivity index (χ0) is 16.4. The Balaban J connectivity index is 1.75. The highest BCUT2D eigenvalue weighted by Gasteiger charge is 2.30. The SMILES string of the molecule is Cc1ccc(S(=O)(=O)N2CCN(c3ccccc3C#N)CC2)s1. The van der Waals surface area contributed by atoms with Crippen molar-refractivity contribution >= 4 is 27.0 Å². The Morgan fingerprint density at radius 2 is 1.78 bits per heavy atom. The van der Waals surface area contributed by atoms with E-state index >= 15 is 0 Å². The molecule has 0 spiro atoms. The van der Waals surface area contributed by atoms with E-state index < -0.39 is 10.0 Å². The van der Waals surface area contributed by atoms with Gasteiger partial charge in [-0.1, -0.05) is 12.1 Å². The topological polar surface area (TPSA) is 64.4 Å². The molecule has 23 heavy (non-hydrogen) atoms. The van der Waals surface area contributed by atoms with Crippen LogP contribution >= 0.6 is 11.3 Å². The summed E-state index contributed by atoms with van der Waals surface area (Å²) in [7, 11) is -3.40. The second-order valence-corrected chi connectivity index (χ2v) is 8.84. The molecule has 0 atom stereocenters. The first-order valence-corrected chi connectivity index (χ1v) is 9.58. The van der Waals surface area contributed by atoms with Crippen LogP contribution in [0.4, 0.5) is 5.69 Å². The van der Waals surface area contributed by atoms with Crippen LogP contribution in [-0.4, -0.2) is 38.9 Å². The Morgan fingerprint density at radius 1 is 1.09 bits per heavy atom. The Bertz CT molecular complexity index is 844. The van der Waals surface area contributed by atoms with Gasteiger partial charge in [0.25, 0.3) is 10.0 Å². The number of piperazine rings is 1. The van der Waals surface area contributed by atoms with Crippen molar-refractivity contribution in [1.29, 1.82) is 5.26 Å². The average Bonchev–Trinajstić information content (AvgIpc) is 3.02. The fraction of sp³-hybridized carbons (Fsp3) is 0.312. The minimum Gasteiger partial charge on any atom is -0.368 e. The summed E-state index contributed by atoms with van der Waals surface area (Å²) in [6.45, 7) is 3.93. The van der Waals surface area contributed by atoms with Crippen LogP contribution in [0.3, 0.4) is 0 Å². The summed E-state index contributed by atoms with van der Waals surface area (Å²) < 4.78 is 27.2. The highest BCUT2D eigenvalue weighted by Crippen LogP contribution is 2.27. The van der Waals surface area contributed by atoms with Crippen LogP contribution in [0.5, 0.6) is 0 Å². The summed E-state index contributed by atoms with van der Waals surface area (Å²) in [6, 6.07) is 13.1. The van der Waals surface area contributed by atoms with E-state index in [1.807, 2.05) is 31.2 Å². The van der Waals surface area contributed by atoms with E-state index in [-0.39, 0.29) is 0 Å². The largest absolute Gasteiger partial charge is 0.368 e. The van der Waals surface area contributed by atoms with Crippen molar-refractivity contribution in [3.8, 4) is 6.07 Å². The second kappa shape index (κ2) is 6.32. The molecule has 2 aromatic rings. The quantitative estimate of drug-likeness (QED) is 0.855. The van der Waals surface area contributed by atoms with E-state index in [9.17, 15) is 13.7 Å². The van der Waals surface area contributed by atoms with E-state index in [0.29, 0.717) is 36.0 Å². The molecule has 0 N–H and O–H groups in total. The van der Waals surface area contributed by atoms with Crippen LogP contribution < -0.4 is 4.90 Å². The Morgan fingerprint density at radius 3 is 2.39 bits per heavy atom. The lowest BCUT2D eigenvalue weighted by Crippen LogP contribution is -2.48. The molecule has 1 aliphatic rings. The summed E-state index contributed by atoms with van der Waals surface area (Å²) in [6.07, 6.45) is 0. The van der Waals surface area contributed by atoms with E-state index in [0.717, 1.165) is 10.6 Å². The molecule has 0 saturated carbocycles. The predicted octanol–water partition coefficient (Wildman–Crippen LogP) is 2.44. The third-order valence-electron chi connectivity index (χ3n) is 3.91. The molecule has 1 saturated heterocycles. The van der Waals surface area contributed by atoms with Crippen LogP contribution in [0, 0.1) is 18.3 Å². The van der Waals surface area contributed by atoms with Gasteiger partial charge in [-0.3, -0.25) is 0 Å². The van der Waals surface area contributed by atoms with Gasteiger partial charge in [0.1, 0.15) is 10.3 Å². The van der Waals surface area contributed by atoms with Gasteiger partial charge < -0.3 is 4.90 Å². The van der Waals surface area contributed by atoms with Crippen molar-refractivity contribution in [2.75, 3.05) is 31.1 Å². The van der Waals surface area contributed by atoms with Crippen molar-refractivity contribution < 1.29 is 8.42 Å². The first-order valence-electron chi connectivity index (χ1n) is 7.33. The van der Waals surface area contributed by atoms with E-state index in [1.54, 1.807) is 12.1 Å². The van der Waals surface area contributed by atoms with Gasteiger partial charge in [0, 0.05) is 31.1 Å². The lowest BCUT2D eigenvalue weighted by molar-refractivity contribution is 0.386. The molecule has 2 heterocycles. The zero-order valence-electron chi connectivity index (χ0n) is 12.8. The van der Waals surface area contributed by atoms with Gasteiger partial charge in [0.2, 0.25) is 0 Å². The molecule has 1 aliphatic heterocycles. The smallest absolute Gasteiger partial charge is 0.252 e. The predicted molar refractivity (Wildman–Crippen MR) is 91.2 cm³/mol. The maximum Gasteiger partial charge on any atom is 0.252 e. The van der Waals surface area contributed by atoms with Gasteiger partial charge in [0.15, 0.2) is 0 Å². The number of rotatable bonds is 3. The molecule has 0 amide bonds. The number of hydrogen-bond acceptors (Lipinski definition) is 5.